The number of alkyl halides is 2. The first-order valence-electron chi connectivity index (χ1n) is 2.92. The molecule has 0 aliphatic heterocycles. The monoisotopic (exact) mass is 238 g/mol. The third kappa shape index (κ3) is 5.85. The van der Waals surface area contributed by atoms with Crippen LogP contribution in [0.3, 0.4) is 0 Å². The topological polar surface area (TPSA) is 106 Å². The van der Waals surface area contributed by atoms with E-state index in [0.717, 1.165) is 0 Å². The molecule has 0 unspecified atom stereocenters. The Hall–Kier alpha value is -0.320. The van der Waals surface area contributed by atoms with Crippen molar-refractivity contribution in [3.63, 3.8) is 0 Å². The molecule has 6 nitrogen and oxygen atoms in total. The smallest absolute Gasteiger partial charge is 0.229 e. The van der Waals surface area contributed by atoms with E-state index in [-0.39, 0.29) is 0 Å². The highest BCUT2D eigenvalue weighted by atomic mass is 32.2. The Bertz CT molecular complexity index is 348. The summed E-state index contributed by atoms with van der Waals surface area (Å²) in [5.41, 5.74) is 0. The van der Waals surface area contributed by atoms with Crippen molar-refractivity contribution in [1.29, 1.82) is 0 Å². The van der Waals surface area contributed by atoms with E-state index in [9.17, 15) is 25.6 Å². The largest absolute Gasteiger partial charge is 0.350 e. The molecule has 0 bridgehead atoms. The van der Waals surface area contributed by atoms with Gasteiger partial charge in [0.2, 0.25) is 10.0 Å². The summed E-state index contributed by atoms with van der Waals surface area (Å²) in [5.74, 6) is -4.30. The van der Waals surface area contributed by atoms with Crippen LogP contribution < -0.4 is 9.86 Å². The summed E-state index contributed by atoms with van der Waals surface area (Å²) in [6.45, 7) is -0.661. The Kier molecular flexibility index (Phi) is 4.16. The van der Waals surface area contributed by atoms with Gasteiger partial charge in [0.05, 0.1) is 5.75 Å². The van der Waals surface area contributed by atoms with E-state index < -0.39 is 38.1 Å². The second kappa shape index (κ2) is 4.26. The highest BCUT2D eigenvalue weighted by molar-refractivity contribution is 7.90. The summed E-state index contributed by atoms with van der Waals surface area (Å²) in [6, 6.07) is 0. The number of sulfonamides is 2. The highest BCUT2D eigenvalue weighted by Crippen LogP contribution is 2.00. The van der Waals surface area contributed by atoms with Gasteiger partial charge in [-0.15, -0.1) is 0 Å². The second-order valence-corrected chi connectivity index (χ2v) is 5.54. The number of nitrogens with two attached hydrogens (primary N) is 1. The lowest BCUT2D eigenvalue weighted by atomic mass is 10.8. The first-order valence-corrected chi connectivity index (χ1v) is 6.18. The molecule has 0 fully saturated rings. The Morgan fingerprint density at radius 1 is 1.23 bits per heavy atom. The average Bonchev–Trinajstić information content (AvgIpc) is 1.82. The number of rotatable bonds is 5. The number of hydrogen-bond donors (Lipinski definition) is 2. The Morgan fingerprint density at radius 3 is 2.00 bits per heavy atom. The zero-order valence-electron chi connectivity index (χ0n) is 6.27. The summed E-state index contributed by atoms with van der Waals surface area (Å²) in [5, 5.41) is 4.49. The molecule has 0 aliphatic rings. The molecule has 0 spiro atoms. The van der Waals surface area contributed by atoms with Crippen LogP contribution in [0, 0.1) is 0 Å². The molecule has 0 atom stereocenters. The van der Waals surface area contributed by atoms with Crippen molar-refractivity contribution in [2.24, 2.45) is 5.14 Å². The zero-order valence-corrected chi connectivity index (χ0v) is 7.91. The van der Waals surface area contributed by atoms with Gasteiger partial charge in [0, 0.05) is 6.54 Å². The molecule has 0 radical (unpaired) electrons. The van der Waals surface area contributed by atoms with Crippen LogP contribution in [0.25, 0.3) is 0 Å². The van der Waals surface area contributed by atoms with Gasteiger partial charge >= 0.3 is 5.76 Å². The Labute approximate surface area is 74.2 Å². The molecule has 0 aromatic carbocycles. The second-order valence-electron chi connectivity index (χ2n) is 2.07. The lowest BCUT2D eigenvalue weighted by Gasteiger charge is -2.03. The molecular weight excluding hydrogens is 230 g/mol. The van der Waals surface area contributed by atoms with Crippen LogP contribution in [0.15, 0.2) is 0 Å². The third-order valence-electron chi connectivity index (χ3n) is 0.924. The normalized spacial score (nSPS) is 13.5. The van der Waals surface area contributed by atoms with Crippen molar-refractivity contribution < 1.29 is 25.6 Å². The van der Waals surface area contributed by atoms with Gasteiger partial charge in [0.1, 0.15) is 0 Å². The zero-order chi connectivity index (χ0) is 10.7. The Morgan fingerprint density at radius 2 is 1.69 bits per heavy atom. The van der Waals surface area contributed by atoms with Crippen molar-refractivity contribution in [2.45, 2.75) is 5.76 Å². The van der Waals surface area contributed by atoms with E-state index in [1.807, 2.05) is 0 Å². The average molecular weight is 238 g/mol. The van der Waals surface area contributed by atoms with E-state index in [0.29, 0.717) is 0 Å². The number of nitrogens with one attached hydrogen (secondary N) is 1. The number of hydrogen-bond acceptors (Lipinski definition) is 4. The van der Waals surface area contributed by atoms with Crippen LogP contribution in [0.5, 0.6) is 0 Å². The molecule has 0 aromatic heterocycles. The minimum absolute atomic E-state index is 0.661. The minimum atomic E-state index is -4.72. The lowest BCUT2D eigenvalue weighted by Crippen LogP contribution is -2.34. The van der Waals surface area contributed by atoms with Gasteiger partial charge in [-0.05, 0) is 0 Å². The predicted molar refractivity (Wildman–Crippen MR) is 40.9 cm³/mol. The molecule has 0 saturated carbocycles. The van der Waals surface area contributed by atoms with Gasteiger partial charge in [-0.2, -0.15) is 8.78 Å². The number of primary sulfonamides is 1. The molecular formula is C3H8F2N2O4S2. The van der Waals surface area contributed by atoms with Crippen molar-refractivity contribution >= 4 is 20.0 Å². The lowest BCUT2D eigenvalue weighted by molar-refractivity contribution is 0.232. The quantitative estimate of drug-likeness (QED) is 0.602. The molecule has 0 aliphatic carbocycles. The standard InChI is InChI=1S/C3H8F2N2O4S2/c4-3(5)13(10,11)7-1-2-12(6,8)9/h3,7H,1-2H2,(H2,6,8,9). The van der Waals surface area contributed by atoms with E-state index in [1.54, 1.807) is 0 Å². The van der Waals surface area contributed by atoms with Crippen LogP contribution in [-0.4, -0.2) is 34.9 Å². The molecule has 0 saturated heterocycles. The van der Waals surface area contributed by atoms with Crippen molar-refractivity contribution in [3.05, 3.63) is 0 Å². The van der Waals surface area contributed by atoms with Gasteiger partial charge in [0.15, 0.2) is 0 Å². The summed E-state index contributed by atoms with van der Waals surface area (Å²) in [6.07, 6.45) is 0. The molecule has 3 N–H and O–H groups in total. The Balaban J connectivity index is 4.07. The van der Waals surface area contributed by atoms with Crippen LogP contribution in [-0.2, 0) is 20.0 Å². The van der Waals surface area contributed by atoms with Gasteiger partial charge in [-0.25, -0.2) is 26.7 Å². The molecule has 10 heteroatoms. The number of halogens is 2. The fraction of sp³-hybridized carbons (Fsp3) is 1.00. The van der Waals surface area contributed by atoms with Gasteiger partial charge in [-0.3, -0.25) is 0 Å². The maximum absolute atomic E-state index is 11.6. The molecule has 0 amide bonds. The van der Waals surface area contributed by atoms with E-state index in [1.165, 1.54) is 4.72 Å². The van der Waals surface area contributed by atoms with Crippen LogP contribution in [0.2, 0.25) is 0 Å². The first-order chi connectivity index (χ1) is 5.65. The highest BCUT2D eigenvalue weighted by Gasteiger charge is 2.23. The summed E-state index contributed by atoms with van der Waals surface area (Å²) in [7, 11) is -8.57. The maximum Gasteiger partial charge on any atom is 0.350 e. The molecule has 0 aromatic rings. The maximum atomic E-state index is 11.6. The fourth-order valence-electron chi connectivity index (χ4n) is 0.389. The fourth-order valence-corrected chi connectivity index (χ4v) is 1.42. The van der Waals surface area contributed by atoms with Crippen LogP contribution in [0.1, 0.15) is 0 Å². The van der Waals surface area contributed by atoms with E-state index in [2.05, 4.69) is 5.14 Å². The molecule has 13 heavy (non-hydrogen) atoms. The molecule has 0 rings (SSSR count). The van der Waals surface area contributed by atoms with Crippen LogP contribution >= 0.6 is 0 Å². The van der Waals surface area contributed by atoms with Gasteiger partial charge < -0.3 is 0 Å². The summed E-state index contributed by atoms with van der Waals surface area (Å²) < 4.78 is 65.7. The first kappa shape index (κ1) is 12.7. The van der Waals surface area contributed by atoms with Crippen molar-refractivity contribution in [1.82, 2.24) is 4.72 Å². The molecule has 80 valence electrons. The van der Waals surface area contributed by atoms with E-state index >= 15 is 0 Å². The van der Waals surface area contributed by atoms with Crippen LogP contribution in [0.4, 0.5) is 8.78 Å². The predicted octanol–water partition coefficient (Wildman–Crippen LogP) is -1.58. The van der Waals surface area contributed by atoms with Crippen molar-refractivity contribution in [3.8, 4) is 0 Å². The SMILES string of the molecule is NS(=O)(=O)CCNS(=O)(=O)C(F)F. The van der Waals surface area contributed by atoms with Gasteiger partial charge in [0.25, 0.3) is 10.0 Å². The van der Waals surface area contributed by atoms with E-state index in [4.69, 9.17) is 0 Å². The third-order valence-corrected chi connectivity index (χ3v) is 2.77. The van der Waals surface area contributed by atoms with Crippen molar-refractivity contribution in [2.75, 3.05) is 12.3 Å². The molecule has 0 heterocycles. The minimum Gasteiger partial charge on any atom is -0.229 e. The summed E-state index contributed by atoms with van der Waals surface area (Å²) in [4.78, 5) is 0. The van der Waals surface area contributed by atoms with Gasteiger partial charge in [-0.1, -0.05) is 0 Å². The summed E-state index contributed by atoms with van der Waals surface area (Å²) >= 11 is 0.